The van der Waals surface area contributed by atoms with Crippen LogP contribution in [0.15, 0.2) is 18.2 Å². The van der Waals surface area contributed by atoms with E-state index < -0.39 is 16.8 Å². The van der Waals surface area contributed by atoms with Crippen molar-refractivity contribution in [1.82, 2.24) is 0 Å². The maximum absolute atomic E-state index is 11.8. The van der Waals surface area contributed by atoms with E-state index >= 15 is 0 Å². The highest BCUT2D eigenvalue weighted by Gasteiger charge is 2.23. The van der Waals surface area contributed by atoms with Crippen LogP contribution in [0.1, 0.15) is 43.4 Å². The molecule has 6 heteroatoms. The van der Waals surface area contributed by atoms with Crippen LogP contribution in [0.2, 0.25) is 0 Å². The average Bonchev–Trinajstić information content (AvgIpc) is 2.46. The van der Waals surface area contributed by atoms with Gasteiger partial charge in [-0.2, -0.15) is 0 Å². The number of rotatable bonds is 6. The molecule has 0 aliphatic carbocycles. The number of carbonyl (C=O) groups excluding carboxylic acids is 2. The third-order valence-electron chi connectivity index (χ3n) is 3.49. The molecule has 0 fully saturated rings. The third kappa shape index (κ3) is 7.47. The van der Waals surface area contributed by atoms with Gasteiger partial charge in [0.1, 0.15) is 11.6 Å². The molecule has 2 N–H and O–H groups in total. The number of Topliss-reactive ketones (excluding diaryl/α,β-unsaturated/α-hetero) is 2. The third-order valence-corrected chi connectivity index (χ3v) is 3.49. The Morgan fingerprint density at radius 1 is 1.05 bits per heavy atom. The first-order valence-corrected chi connectivity index (χ1v) is 8.48. The van der Waals surface area contributed by atoms with Crippen molar-refractivity contribution < 1.29 is 18.0 Å². The first-order valence-electron chi connectivity index (χ1n) is 7.23. The van der Waals surface area contributed by atoms with Gasteiger partial charge in [0.2, 0.25) is 0 Å². The molecule has 22 heavy (non-hydrogen) atoms. The number of ketones is 2. The van der Waals surface area contributed by atoms with Gasteiger partial charge in [-0.05, 0) is 37.0 Å². The molecule has 0 aliphatic heterocycles. The molecule has 0 atom stereocenters. The molecule has 1 aromatic rings. The number of thiol groups is 1. The molecule has 0 saturated carbocycles. The fraction of sp³-hybridized carbons (Fsp3) is 0.500. The van der Waals surface area contributed by atoms with E-state index in [0.717, 1.165) is 5.56 Å². The molecule has 5 nitrogen and oxygen atoms in total. The summed E-state index contributed by atoms with van der Waals surface area (Å²) in [5, 5.41) is 4.06. The second kappa shape index (κ2) is 10.2. The van der Waals surface area contributed by atoms with Gasteiger partial charge >= 0.3 is 0 Å². The average molecular weight is 327 g/mol. The molecule has 0 bridgehead atoms. The number of aryl methyl sites for hydroxylation is 2. The lowest BCUT2D eigenvalue weighted by molar-refractivity contribution is -0.132. The fourth-order valence-electron chi connectivity index (χ4n) is 2.07. The largest absolute Gasteiger partial charge is 0.299 e. The van der Waals surface area contributed by atoms with Crippen molar-refractivity contribution in [3.8, 4) is 0 Å². The summed E-state index contributed by atoms with van der Waals surface area (Å²) in [6.07, 6.45) is 1.41. The minimum atomic E-state index is -2.62. The zero-order valence-corrected chi connectivity index (χ0v) is 14.5. The summed E-state index contributed by atoms with van der Waals surface area (Å²) in [6, 6.07) is 6.14. The maximum atomic E-state index is 11.8. The van der Waals surface area contributed by atoms with Gasteiger partial charge in [-0.25, -0.2) is 13.6 Å². The Kier molecular flexibility index (Phi) is 9.53. The highest BCUT2D eigenvalue weighted by Crippen LogP contribution is 2.17. The van der Waals surface area contributed by atoms with Gasteiger partial charge in [0.05, 0.1) is 5.92 Å². The first kappa shape index (κ1) is 20.5. The Labute approximate surface area is 134 Å². The molecule has 1 rings (SSSR count). The Balaban J connectivity index is 0.000000980. The second-order valence-corrected chi connectivity index (χ2v) is 5.67. The summed E-state index contributed by atoms with van der Waals surface area (Å²) in [5.41, 5.74) is 3.52. The lowest BCUT2D eigenvalue weighted by Crippen LogP contribution is -2.25. The second-order valence-electron chi connectivity index (χ2n) is 5.10. The topological polar surface area (TPSA) is 94.3 Å². The Hall–Kier alpha value is -1.53. The molecule has 0 unspecified atom stereocenters. The van der Waals surface area contributed by atoms with Crippen molar-refractivity contribution in [3.05, 3.63) is 34.9 Å². The predicted molar refractivity (Wildman–Crippen MR) is 88.2 cm³/mol. The van der Waals surface area contributed by atoms with E-state index in [4.69, 9.17) is 8.42 Å². The maximum Gasteiger partial charge on any atom is 0.198 e. The van der Waals surface area contributed by atoms with Crippen molar-refractivity contribution in [2.24, 2.45) is 11.1 Å². The molecule has 0 heterocycles. The predicted octanol–water partition coefficient (Wildman–Crippen LogP) is 1.89. The smallest absolute Gasteiger partial charge is 0.198 e. The van der Waals surface area contributed by atoms with Crippen LogP contribution in [0.3, 0.4) is 0 Å². The van der Waals surface area contributed by atoms with Crippen molar-refractivity contribution in [2.45, 2.75) is 47.0 Å². The van der Waals surface area contributed by atoms with Crippen molar-refractivity contribution in [3.63, 3.8) is 0 Å². The number of hydrogen-bond acceptors (Lipinski definition) is 4. The van der Waals surface area contributed by atoms with Gasteiger partial charge < -0.3 is 0 Å². The molecule has 0 amide bonds. The summed E-state index contributed by atoms with van der Waals surface area (Å²) in [4.78, 5) is 23.7. The van der Waals surface area contributed by atoms with Crippen LogP contribution in [0.5, 0.6) is 0 Å². The Morgan fingerprint density at radius 3 is 1.86 bits per heavy atom. The molecule has 0 aromatic heterocycles. The van der Waals surface area contributed by atoms with Crippen LogP contribution in [-0.2, 0) is 26.9 Å². The van der Waals surface area contributed by atoms with Crippen LogP contribution in [0.25, 0.3) is 0 Å². The van der Waals surface area contributed by atoms with E-state index in [1.54, 1.807) is 0 Å². The lowest BCUT2D eigenvalue weighted by atomic mass is 9.88. The molecule has 124 valence electrons. The van der Waals surface area contributed by atoms with Crippen LogP contribution in [0, 0.1) is 19.8 Å². The van der Waals surface area contributed by atoms with Crippen molar-refractivity contribution in [2.75, 3.05) is 0 Å². The SMILES string of the molecule is CCC(=O)C(Cc1ccc(C)c(C)c1)C(=O)CC.N[SH](=O)=O. The summed E-state index contributed by atoms with van der Waals surface area (Å²) < 4.78 is 17.6. The van der Waals surface area contributed by atoms with Gasteiger partial charge in [-0.15, -0.1) is 0 Å². The molecule has 1 aromatic carbocycles. The van der Waals surface area contributed by atoms with Crippen molar-refractivity contribution >= 4 is 22.5 Å². The van der Waals surface area contributed by atoms with Crippen LogP contribution in [0.4, 0.5) is 0 Å². The van der Waals surface area contributed by atoms with Gasteiger partial charge in [0.15, 0.2) is 10.9 Å². The summed E-state index contributed by atoms with van der Waals surface area (Å²) in [7, 11) is -2.62. The van der Waals surface area contributed by atoms with E-state index in [-0.39, 0.29) is 11.6 Å². The number of hydrogen-bond donors (Lipinski definition) is 2. The molecule has 0 saturated heterocycles. The summed E-state index contributed by atoms with van der Waals surface area (Å²) in [6.45, 7) is 7.75. The monoisotopic (exact) mass is 327 g/mol. The Morgan fingerprint density at radius 2 is 1.50 bits per heavy atom. The Bertz CT molecular complexity index is 570. The van der Waals surface area contributed by atoms with Crippen molar-refractivity contribution in [1.29, 1.82) is 0 Å². The van der Waals surface area contributed by atoms with Crippen LogP contribution < -0.4 is 5.14 Å². The van der Waals surface area contributed by atoms with Gasteiger partial charge in [0, 0.05) is 12.8 Å². The van der Waals surface area contributed by atoms with E-state index in [0.29, 0.717) is 19.3 Å². The van der Waals surface area contributed by atoms with Gasteiger partial charge in [0.25, 0.3) is 0 Å². The number of carbonyl (C=O) groups is 2. The van der Waals surface area contributed by atoms with Crippen LogP contribution in [-0.4, -0.2) is 20.0 Å². The van der Waals surface area contributed by atoms with E-state index in [2.05, 4.69) is 31.1 Å². The highest BCUT2D eigenvalue weighted by molar-refractivity contribution is 7.69. The molecular formula is C16H25NO4S. The minimum absolute atomic E-state index is 0.0556. The molecule has 0 radical (unpaired) electrons. The van der Waals surface area contributed by atoms with Gasteiger partial charge in [-0.3, -0.25) is 9.59 Å². The summed E-state index contributed by atoms with van der Waals surface area (Å²) >= 11 is 0. The zero-order valence-electron chi connectivity index (χ0n) is 13.6. The zero-order chi connectivity index (χ0) is 17.3. The highest BCUT2D eigenvalue weighted by atomic mass is 32.2. The minimum Gasteiger partial charge on any atom is -0.299 e. The van der Waals surface area contributed by atoms with Crippen LogP contribution >= 0.6 is 0 Å². The first-order chi connectivity index (χ1) is 10.2. The lowest BCUT2D eigenvalue weighted by Gasteiger charge is -2.14. The fourth-order valence-corrected chi connectivity index (χ4v) is 2.07. The van der Waals surface area contributed by atoms with E-state index in [1.807, 2.05) is 19.9 Å². The number of benzene rings is 1. The summed E-state index contributed by atoms with van der Waals surface area (Å²) in [5.74, 6) is -0.345. The van der Waals surface area contributed by atoms with E-state index in [1.165, 1.54) is 11.1 Å². The number of nitrogens with two attached hydrogens (primary N) is 1. The van der Waals surface area contributed by atoms with E-state index in [9.17, 15) is 9.59 Å². The normalized spacial score (nSPS) is 10.3. The standard InChI is InChI=1S/C16H22O2.H3NO2S/c1-5-15(17)14(16(18)6-2)10-13-8-7-11(3)12(4)9-13;1-4(2)3/h7-9,14H,5-6,10H2,1-4H3;4H,(H2,1,2,3). The quantitative estimate of drug-likeness (QED) is 0.616. The molecule has 0 aliphatic rings. The van der Waals surface area contributed by atoms with Gasteiger partial charge in [-0.1, -0.05) is 32.0 Å². The molecule has 0 spiro atoms. The molecular weight excluding hydrogens is 302 g/mol.